The fourth-order valence-electron chi connectivity index (χ4n) is 5.73. The second-order valence-corrected chi connectivity index (χ2v) is 10.9. The minimum atomic E-state index is -0.451. The van der Waals surface area contributed by atoms with E-state index in [2.05, 4.69) is 54.4 Å². The molecule has 3 aromatic carbocycles. The first-order valence-corrected chi connectivity index (χ1v) is 14.4. The molecule has 0 aromatic heterocycles. The van der Waals surface area contributed by atoms with Gasteiger partial charge in [0, 0.05) is 19.1 Å². The lowest BCUT2D eigenvalue weighted by molar-refractivity contribution is -0.127. The van der Waals surface area contributed by atoms with Crippen LogP contribution in [0.15, 0.2) is 60.7 Å². The van der Waals surface area contributed by atoms with Crippen molar-refractivity contribution < 1.29 is 23.7 Å². The van der Waals surface area contributed by atoms with Crippen LogP contribution in [0.1, 0.15) is 61.0 Å². The summed E-state index contributed by atoms with van der Waals surface area (Å²) in [5, 5.41) is 3.25. The highest BCUT2D eigenvalue weighted by Crippen LogP contribution is 2.42. The van der Waals surface area contributed by atoms with E-state index in [1.807, 2.05) is 30.3 Å². The first-order valence-electron chi connectivity index (χ1n) is 14.4. The second kappa shape index (κ2) is 14.3. The van der Waals surface area contributed by atoms with E-state index in [9.17, 15) is 4.79 Å². The Balaban J connectivity index is 1.84. The number of ether oxygens (including phenoxy) is 4. The maximum atomic E-state index is 14.0. The first-order chi connectivity index (χ1) is 19.9. The molecule has 7 nitrogen and oxygen atoms in total. The van der Waals surface area contributed by atoms with E-state index >= 15 is 0 Å². The quantitative estimate of drug-likeness (QED) is 0.286. The molecular formula is C34H44N2O5. The lowest BCUT2D eigenvalue weighted by atomic mass is 9.91. The number of fused-ring (bicyclic) bond motifs is 1. The summed E-state index contributed by atoms with van der Waals surface area (Å²) in [5.41, 5.74) is 4.43. The van der Waals surface area contributed by atoms with Gasteiger partial charge in [0.15, 0.2) is 23.0 Å². The molecule has 0 aliphatic carbocycles. The van der Waals surface area contributed by atoms with Gasteiger partial charge in [-0.1, -0.05) is 50.2 Å². The Bertz CT molecular complexity index is 1290. The zero-order valence-electron chi connectivity index (χ0n) is 25.2. The maximum Gasteiger partial charge on any atom is 0.241 e. The lowest BCUT2D eigenvalue weighted by Crippen LogP contribution is -2.43. The molecule has 41 heavy (non-hydrogen) atoms. The van der Waals surface area contributed by atoms with Gasteiger partial charge in [-0.05, 0) is 78.1 Å². The third kappa shape index (κ3) is 7.14. The molecule has 2 unspecified atom stereocenters. The van der Waals surface area contributed by atoms with Gasteiger partial charge in [-0.25, -0.2) is 0 Å². The third-order valence-corrected chi connectivity index (χ3v) is 7.86. The molecule has 220 valence electrons. The van der Waals surface area contributed by atoms with Gasteiger partial charge in [0.1, 0.15) is 6.04 Å². The van der Waals surface area contributed by atoms with Gasteiger partial charge in [-0.15, -0.1) is 0 Å². The van der Waals surface area contributed by atoms with Crippen LogP contribution in [0.3, 0.4) is 0 Å². The molecule has 0 spiro atoms. The molecule has 1 N–H and O–H groups in total. The summed E-state index contributed by atoms with van der Waals surface area (Å²) in [6, 6.07) is 19.8. The summed E-state index contributed by atoms with van der Waals surface area (Å²) in [5.74, 6) is 3.31. The van der Waals surface area contributed by atoms with Crippen LogP contribution in [-0.4, -0.2) is 52.3 Å². The van der Waals surface area contributed by atoms with Crippen molar-refractivity contribution in [2.45, 2.75) is 51.6 Å². The second-order valence-electron chi connectivity index (χ2n) is 10.9. The van der Waals surface area contributed by atoms with Crippen LogP contribution < -0.4 is 24.3 Å². The summed E-state index contributed by atoms with van der Waals surface area (Å²) in [4.78, 5) is 16.4. The lowest BCUT2D eigenvalue weighted by Gasteiger charge is -2.37. The molecule has 4 rings (SSSR count). The molecule has 1 heterocycles. The highest BCUT2D eigenvalue weighted by molar-refractivity contribution is 5.83. The summed E-state index contributed by atoms with van der Waals surface area (Å²) in [7, 11) is 6.63. The molecule has 1 aliphatic rings. The Labute approximate surface area is 244 Å². The highest BCUT2D eigenvalue weighted by Gasteiger charge is 2.36. The van der Waals surface area contributed by atoms with E-state index in [1.54, 1.807) is 28.4 Å². The van der Waals surface area contributed by atoms with Crippen LogP contribution in [0, 0.1) is 5.92 Å². The summed E-state index contributed by atoms with van der Waals surface area (Å²) in [6.07, 6.45) is 3.40. The first kappa shape index (κ1) is 30.3. The van der Waals surface area contributed by atoms with Gasteiger partial charge in [-0.3, -0.25) is 9.69 Å². The SMILES string of the molecule is COc1ccc(CC2c3cc(OC)c(OC)cc3CCCN2C(C(=O)NCCC(C)C)c2ccccc2)cc1OC. The van der Waals surface area contributed by atoms with Crippen molar-refractivity contribution in [3.63, 3.8) is 0 Å². The molecule has 1 amide bonds. The zero-order chi connectivity index (χ0) is 29.4. The van der Waals surface area contributed by atoms with Gasteiger partial charge in [-0.2, -0.15) is 0 Å². The highest BCUT2D eigenvalue weighted by atomic mass is 16.5. The number of methoxy groups -OCH3 is 4. The molecule has 3 aromatic rings. The van der Waals surface area contributed by atoms with Crippen LogP contribution in [0.25, 0.3) is 0 Å². The number of hydrogen-bond acceptors (Lipinski definition) is 6. The average Bonchev–Trinajstić information content (AvgIpc) is 3.15. The van der Waals surface area contributed by atoms with E-state index < -0.39 is 6.04 Å². The van der Waals surface area contributed by atoms with Gasteiger partial charge >= 0.3 is 0 Å². The molecule has 0 fully saturated rings. The van der Waals surface area contributed by atoms with E-state index in [0.29, 0.717) is 36.1 Å². The van der Waals surface area contributed by atoms with Gasteiger partial charge in [0.05, 0.1) is 28.4 Å². The summed E-state index contributed by atoms with van der Waals surface area (Å²) >= 11 is 0. The van der Waals surface area contributed by atoms with Crippen LogP contribution >= 0.6 is 0 Å². The van der Waals surface area contributed by atoms with Gasteiger partial charge < -0.3 is 24.3 Å². The molecular weight excluding hydrogens is 516 g/mol. The molecule has 2 atom stereocenters. The van der Waals surface area contributed by atoms with Crippen LogP contribution in [0.2, 0.25) is 0 Å². The largest absolute Gasteiger partial charge is 0.493 e. The predicted molar refractivity (Wildman–Crippen MR) is 162 cm³/mol. The molecule has 0 saturated carbocycles. The number of carbonyl (C=O) groups is 1. The molecule has 7 heteroatoms. The summed E-state index contributed by atoms with van der Waals surface area (Å²) in [6.45, 7) is 5.75. The number of nitrogens with one attached hydrogen (secondary N) is 1. The minimum absolute atomic E-state index is 0.0260. The Hall–Kier alpha value is -3.71. The Kier molecular flexibility index (Phi) is 10.5. The number of rotatable bonds is 12. The van der Waals surface area contributed by atoms with E-state index in [4.69, 9.17) is 18.9 Å². The standard InChI is InChI=1S/C34H44N2O5/c1-23(2)16-17-35-34(37)33(25-11-8-7-9-12-25)36-18-10-13-26-21-31(40-5)32(41-6)22-27(26)28(36)19-24-14-15-29(38-3)30(20-24)39-4/h7-9,11-12,14-15,20-23,28,33H,10,13,16-19H2,1-6H3,(H,35,37). The maximum absolute atomic E-state index is 14.0. The van der Waals surface area contributed by atoms with Crippen LogP contribution in [-0.2, 0) is 17.6 Å². The smallest absolute Gasteiger partial charge is 0.241 e. The normalized spacial score (nSPS) is 15.9. The fraction of sp³-hybridized carbons (Fsp3) is 0.441. The van der Waals surface area contributed by atoms with Crippen molar-refractivity contribution in [1.82, 2.24) is 10.2 Å². The molecule has 0 bridgehead atoms. The third-order valence-electron chi connectivity index (χ3n) is 7.86. The Morgan fingerprint density at radius 2 is 1.54 bits per heavy atom. The predicted octanol–water partition coefficient (Wildman–Crippen LogP) is 6.16. The number of benzene rings is 3. The number of nitrogens with zero attached hydrogens (tertiary/aromatic N) is 1. The average molecular weight is 561 g/mol. The number of aryl methyl sites for hydroxylation is 1. The van der Waals surface area contributed by atoms with Crippen molar-refractivity contribution in [1.29, 1.82) is 0 Å². The topological polar surface area (TPSA) is 69.3 Å². The van der Waals surface area contributed by atoms with Gasteiger partial charge in [0.25, 0.3) is 0 Å². The molecule has 1 aliphatic heterocycles. The molecule has 0 saturated heterocycles. The van der Waals surface area contributed by atoms with Crippen molar-refractivity contribution in [3.05, 3.63) is 82.9 Å². The van der Waals surface area contributed by atoms with Crippen molar-refractivity contribution in [2.75, 3.05) is 41.5 Å². The van der Waals surface area contributed by atoms with Crippen LogP contribution in [0.4, 0.5) is 0 Å². The zero-order valence-corrected chi connectivity index (χ0v) is 25.2. The minimum Gasteiger partial charge on any atom is -0.493 e. The fourth-order valence-corrected chi connectivity index (χ4v) is 5.73. The van der Waals surface area contributed by atoms with Gasteiger partial charge in [0.2, 0.25) is 5.91 Å². The number of hydrogen-bond donors (Lipinski definition) is 1. The monoisotopic (exact) mass is 560 g/mol. The van der Waals surface area contributed by atoms with E-state index in [1.165, 1.54) is 5.56 Å². The Morgan fingerprint density at radius 1 is 0.878 bits per heavy atom. The number of amides is 1. The van der Waals surface area contributed by atoms with Crippen molar-refractivity contribution >= 4 is 5.91 Å². The Morgan fingerprint density at radius 3 is 2.20 bits per heavy atom. The van der Waals surface area contributed by atoms with Crippen molar-refractivity contribution in [3.8, 4) is 23.0 Å². The summed E-state index contributed by atoms with van der Waals surface area (Å²) < 4.78 is 22.5. The van der Waals surface area contributed by atoms with Crippen molar-refractivity contribution in [2.24, 2.45) is 5.92 Å². The van der Waals surface area contributed by atoms with E-state index in [-0.39, 0.29) is 11.9 Å². The van der Waals surface area contributed by atoms with Crippen LogP contribution in [0.5, 0.6) is 23.0 Å². The number of carbonyl (C=O) groups excluding carboxylic acids is 1. The molecule has 0 radical (unpaired) electrons. The van der Waals surface area contributed by atoms with E-state index in [0.717, 1.165) is 48.2 Å².